The smallest absolute Gasteiger partial charge is 0.323 e. The van der Waals surface area contributed by atoms with Gasteiger partial charge < -0.3 is 15.6 Å². The van der Waals surface area contributed by atoms with E-state index in [-0.39, 0.29) is 18.5 Å². The van der Waals surface area contributed by atoms with Gasteiger partial charge in [0.15, 0.2) is 0 Å². The molecule has 13 heavy (non-hydrogen) atoms. The Bertz CT molecular complexity index is 183. The second-order valence-electron chi connectivity index (χ2n) is 2.69. The number of carbonyl (C=O) groups excluding carboxylic acids is 1. The highest BCUT2D eigenvalue weighted by atomic mass is 35.5. The quantitative estimate of drug-likeness (QED) is 0.647. The number of halogens is 1. The van der Waals surface area contributed by atoms with Gasteiger partial charge in [-0.1, -0.05) is 0 Å². The molecule has 1 atom stereocenters. The minimum Gasteiger partial charge on any atom is -0.481 e. The summed E-state index contributed by atoms with van der Waals surface area (Å²) in [5.41, 5.74) is 5.21. The molecule has 0 fully saturated rings. The first kappa shape index (κ1) is 14.7. The summed E-state index contributed by atoms with van der Waals surface area (Å²) in [6.45, 7) is 3.34. The van der Waals surface area contributed by atoms with Gasteiger partial charge in [0, 0.05) is 0 Å². The van der Waals surface area contributed by atoms with Gasteiger partial charge in [-0.05, 0) is 13.8 Å². The van der Waals surface area contributed by atoms with Crippen LogP contribution >= 0.6 is 12.4 Å². The summed E-state index contributed by atoms with van der Waals surface area (Å²) in [5.74, 6) is -1.78. The lowest BCUT2D eigenvalue weighted by Gasteiger charge is -2.11. The maximum atomic E-state index is 10.9. The van der Waals surface area contributed by atoms with Crippen LogP contribution in [0.25, 0.3) is 0 Å². The lowest BCUT2D eigenvalue weighted by atomic mass is 10.2. The lowest BCUT2D eigenvalue weighted by Crippen LogP contribution is -2.35. The minimum absolute atomic E-state index is 0. The molecular weight excluding hydrogens is 198 g/mol. The molecule has 3 N–H and O–H groups in total. The predicted octanol–water partition coefficient (Wildman–Crippen LogP) is 0.162. The highest BCUT2D eigenvalue weighted by Crippen LogP contribution is 1.96. The molecule has 0 radical (unpaired) electrons. The number of nitrogens with two attached hydrogens (primary N) is 1. The van der Waals surface area contributed by atoms with Crippen LogP contribution in [0, 0.1) is 0 Å². The zero-order valence-corrected chi connectivity index (χ0v) is 8.34. The summed E-state index contributed by atoms with van der Waals surface area (Å²) in [4.78, 5) is 21.0. The SMILES string of the molecule is CC(C)OC(=O)[C@@H](N)CC(=O)O.Cl. The predicted molar refractivity (Wildman–Crippen MR) is 48.7 cm³/mol. The molecule has 0 aliphatic rings. The fourth-order valence-corrected chi connectivity index (χ4v) is 0.591. The summed E-state index contributed by atoms with van der Waals surface area (Å²) >= 11 is 0. The maximum Gasteiger partial charge on any atom is 0.323 e. The summed E-state index contributed by atoms with van der Waals surface area (Å²) < 4.78 is 4.69. The minimum atomic E-state index is -1.11. The second-order valence-corrected chi connectivity index (χ2v) is 2.69. The van der Waals surface area contributed by atoms with Crippen LogP contribution < -0.4 is 5.73 Å². The van der Waals surface area contributed by atoms with Crippen molar-refractivity contribution in [1.82, 2.24) is 0 Å². The number of esters is 1. The summed E-state index contributed by atoms with van der Waals surface area (Å²) in [7, 11) is 0. The van der Waals surface area contributed by atoms with Crippen LogP contribution in [0.5, 0.6) is 0 Å². The molecule has 0 aromatic heterocycles. The molecule has 6 heteroatoms. The van der Waals surface area contributed by atoms with E-state index < -0.39 is 24.4 Å². The average Bonchev–Trinajstić information content (AvgIpc) is 1.84. The monoisotopic (exact) mass is 211 g/mol. The normalized spacial score (nSPS) is 11.7. The van der Waals surface area contributed by atoms with Crippen molar-refractivity contribution in [2.24, 2.45) is 5.73 Å². The molecule has 0 unspecified atom stereocenters. The summed E-state index contributed by atoms with van der Waals surface area (Å²) in [5, 5.41) is 8.28. The van der Waals surface area contributed by atoms with Gasteiger partial charge in [0.25, 0.3) is 0 Å². The van der Waals surface area contributed by atoms with Gasteiger partial charge in [-0.25, -0.2) is 0 Å². The molecule has 0 aromatic carbocycles. The molecule has 0 bridgehead atoms. The fourth-order valence-electron chi connectivity index (χ4n) is 0.591. The molecule has 0 aromatic rings. The van der Waals surface area contributed by atoms with Crippen molar-refractivity contribution in [1.29, 1.82) is 0 Å². The van der Waals surface area contributed by atoms with Crippen molar-refractivity contribution in [2.45, 2.75) is 32.4 Å². The number of rotatable bonds is 4. The van der Waals surface area contributed by atoms with Crippen molar-refractivity contribution in [3.8, 4) is 0 Å². The molecule has 5 nitrogen and oxygen atoms in total. The Labute approximate surface area is 82.7 Å². The standard InChI is InChI=1S/C7H13NO4.ClH/c1-4(2)12-7(11)5(8)3-6(9)10;/h4-5H,3,8H2,1-2H3,(H,9,10);1H/t5-;/m0./s1. The summed E-state index contributed by atoms with van der Waals surface area (Å²) in [6, 6.07) is -1.06. The van der Waals surface area contributed by atoms with Gasteiger partial charge in [0.2, 0.25) is 0 Å². The first-order chi connectivity index (χ1) is 5.43. The highest BCUT2D eigenvalue weighted by Gasteiger charge is 2.19. The van der Waals surface area contributed by atoms with E-state index in [9.17, 15) is 9.59 Å². The van der Waals surface area contributed by atoms with Crippen LogP contribution in [-0.4, -0.2) is 29.2 Å². The van der Waals surface area contributed by atoms with Gasteiger partial charge >= 0.3 is 11.9 Å². The third-order valence-corrected chi connectivity index (χ3v) is 1.05. The number of ether oxygens (including phenoxy) is 1. The topological polar surface area (TPSA) is 89.6 Å². The third kappa shape index (κ3) is 7.55. The number of carbonyl (C=O) groups is 2. The van der Waals surface area contributed by atoms with E-state index in [1.54, 1.807) is 13.8 Å². The number of carboxylic acids is 1. The molecule has 0 heterocycles. The van der Waals surface area contributed by atoms with E-state index in [1.807, 2.05) is 0 Å². The molecule has 0 spiro atoms. The van der Waals surface area contributed by atoms with Gasteiger partial charge in [0.05, 0.1) is 12.5 Å². The molecule has 0 saturated carbocycles. The van der Waals surface area contributed by atoms with Crippen molar-refractivity contribution < 1.29 is 19.4 Å². The van der Waals surface area contributed by atoms with Crippen LogP contribution in [0.1, 0.15) is 20.3 Å². The number of hydrogen-bond donors (Lipinski definition) is 2. The van der Waals surface area contributed by atoms with Crippen molar-refractivity contribution in [3.63, 3.8) is 0 Å². The largest absolute Gasteiger partial charge is 0.481 e. The molecular formula is C7H14ClNO4. The number of aliphatic carboxylic acids is 1. The Morgan fingerprint density at radius 3 is 2.23 bits per heavy atom. The van der Waals surface area contributed by atoms with Gasteiger partial charge in [-0.3, -0.25) is 9.59 Å². The average molecular weight is 212 g/mol. The Morgan fingerprint density at radius 2 is 1.92 bits per heavy atom. The van der Waals surface area contributed by atoms with Crippen molar-refractivity contribution >= 4 is 24.3 Å². The van der Waals surface area contributed by atoms with Crippen molar-refractivity contribution in [3.05, 3.63) is 0 Å². The second kappa shape index (κ2) is 6.68. The first-order valence-corrected chi connectivity index (χ1v) is 3.61. The molecule has 0 rings (SSSR count). The van der Waals surface area contributed by atoms with E-state index in [2.05, 4.69) is 4.74 Å². The van der Waals surface area contributed by atoms with Crippen LogP contribution in [0.15, 0.2) is 0 Å². The first-order valence-electron chi connectivity index (χ1n) is 3.61. The highest BCUT2D eigenvalue weighted by molar-refractivity contribution is 5.85. The van der Waals surface area contributed by atoms with Crippen LogP contribution in [0.2, 0.25) is 0 Å². The Morgan fingerprint density at radius 1 is 1.46 bits per heavy atom. The number of carboxylic acid groups (broad SMARTS) is 1. The number of hydrogen-bond acceptors (Lipinski definition) is 4. The van der Waals surface area contributed by atoms with Gasteiger partial charge in [-0.15, -0.1) is 12.4 Å². The molecule has 0 amide bonds. The Balaban J connectivity index is 0. The van der Waals surface area contributed by atoms with E-state index >= 15 is 0 Å². The van der Waals surface area contributed by atoms with E-state index in [0.717, 1.165) is 0 Å². The molecule has 78 valence electrons. The summed E-state index contributed by atoms with van der Waals surface area (Å²) in [6.07, 6.45) is -0.664. The maximum absolute atomic E-state index is 10.9. The van der Waals surface area contributed by atoms with Gasteiger partial charge in [0.1, 0.15) is 6.04 Å². The van der Waals surface area contributed by atoms with Crippen molar-refractivity contribution in [2.75, 3.05) is 0 Å². The van der Waals surface area contributed by atoms with Crippen LogP contribution in [-0.2, 0) is 14.3 Å². The Kier molecular flexibility index (Phi) is 7.55. The fraction of sp³-hybridized carbons (Fsp3) is 0.714. The van der Waals surface area contributed by atoms with E-state index in [1.165, 1.54) is 0 Å². The van der Waals surface area contributed by atoms with Crippen LogP contribution in [0.4, 0.5) is 0 Å². The molecule has 0 saturated heterocycles. The van der Waals surface area contributed by atoms with E-state index in [0.29, 0.717) is 0 Å². The zero-order valence-electron chi connectivity index (χ0n) is 7.52. The van der Waals surface area contributed by atoms with Crippen LogP contribution in [0.3, 0.4) is 0 Å². The molecule has 0 aliphatic carbocycles. The Hall–Kier alpha value is -0.810. The lowest BCUT2D eigenvalue weighted by molar-refractivity contribution is -0.152. The van der Waals surface area contributed by atoms with Gasteiger partial charge in [-0.2, -0.15) is 0 Å². The zero-order chi connectivity index (χ0) is 9.72. The van der Waals surface area contributed by atoms with E-state index in [4.69, 9.17) is 10.8 Å². The molecule has 0 aliphatic heterocycles. The third-order valence-electron chi connectivity index (χ3n) is 1.05.